The number of nitrogens with zero attached hydrogens (tertiary/aromatic N) is 1. The van der Waals surface area contributed by atoms with Gasteiger partial charge in [0.1, 0.15) is 42.7 Å². The summed E-state index contributed by atoms with van der Waals surface area (Å²) in [4.78, 5) is 129. The molecule has 5 aliphatic rings. The highest BCUT2D eigenvalue weighted by Crippen LogP contribution is 2.60. The first kappa shape index (κ1) is 61.5. The lowest BCUT2D eigenvalue weighted by atomic mass is 9.69. The Kier molecular flexibility index (Phi) is 19.6. The summed E-state index contributed by atoms with van der Waals surface area (Å²) in [6.45, 7) is 8.21. The number of hydrogen-bond acceptors (Lipinski definition) is 25. The van der Waals surface area contributed by atoms with Crippen LogP contribution in [0.5, 0.6) is 11.5 Å². The molecule has 0 radical (unpaired) electrons. The van der Waals surface area contributed by atoms with E-state index in [-0.39, 0.29) is 57.5 Å². The van der Waals surface area contributed by atoms with E-state index in [1.807, 2.05) is 19.0 Å². The van der Waals surface area contributed by atoms with Crippen LogP contribution in [0.4, 0.5) is 0 Å². The van der Waals surface area contributed by atoms with Crippen LogP contribution in [0.1, 0.15) is 93.7 Å². The van der Waals surface area contributed by atoms with Gasteiger partial charge in [0.2, 0.25) is 12.4 Å². The lowest BCUT2D eigenvalue weighted by Crippen LogP contribution is -2.63. The van der Waals surface area contributed by atoms with Crippen molar-refractivity contribution in [2.45, 2.75) is 140 Å². The van der Waals surface area contributed by atoms with E-state index in [4.69, 9.17) is 89.5 Å². The average molecular weight is 1180 g/mol. The largest absolute Gasteiger partial charge is 0.463 e. The zero-order valence-electron chi connectivity index (χ0n) is 45.5. The average Bonchev–Trinajstić information content (AvgIpc) is 3.92. The number of ether oxygens (including phenoxy) is 14. The molecule has 1 aliphatic carbocycles. The molecule has 4 aliphatic heterocycles. The van der Waals surface area contributed by atoms with Gasteiger partial charge in [0.05, 0.1) is 28.0 Å². The van der Waals surface area contributed by atoms with Gasteiger partial charge in [-0.05, 0) is 44.8 Å². The highest BCUT2D eigenvalue weighted by atomic mass is 35.5. The molecule has 28 heteroatoms. The lowest BCUT2D eigenvalue weighted by molar-refractivity contribution is -0.314. The van der Waals surface area contributed by atoms with Crippen LogP contribution < -0.4 is 14.8 Å². The summed E-state index contributed by atoms with van der Waals surface area (Å²) in [5.74, 6) is -9.49. The number of likely N-dealkylation sites (N-methyl/N-ethyl adjacent to an activating group) is 1. The number of hydrogen-bond donors (Lipinski definition) is 1. The Morgan fingerprint density at radius 1 is 0.654 bits per heavy atom. The molecule has 0 bridgehead atoms. The number of benzene rings is 2. The number of alkyl halides is 1. The minimum absolute atomic E-state index is 0.00148. The SMILES string of the molecule is CC(=O)OCC1OC(Oc2cc3c(cc2Cl)C2(OC(=O)c4cc(C(=O)NCCN(C)C)ccc42)C2CC(Cl)C(OC4OC(COC(C)=O)C(OC(C)=O)C(OC(C)=O)C4OC(C)=O)C=C2O3)C(OC(C)=O)C(OC(C)=O)C1OC(C)=O. The van der Waals surface area contributed by atoms with Gasteiger partial charge < -0.3 is 76.5 Å². The quantitative estimate of drug-likeness (QED) is 0.127. The molecule has 2 saturated heterocycles. The van der Waals surface area contributed by atoms with Crippen LogP contribution >= 0.6 is 23.2 Å². The van der Waals surface area contributed by atoms with Gasteiger partial charge in [0.25, 0.3) is 5.91 Å². The van der Waals surface area contributed by atoms with E-state index in [1.54, 1.807) is 6.07 Å². The number of halogens is 2. The van der Waals surface area contributed by atoms with Crippen LogP contribution in [0.15, 0.2) is 42.2 Å². The van der Waals surface area contributed by atoms with Crippen molar-refractivity contribution in [3.63, 3.8) is 0 Å². The number of nitrogens with one attached hydrogen (secondary N) is 1. The molecule has 0 aromatic heterocycles. The van der Waals surface area contributed by atoms with Crippen LogP contribution in [0.25, 0.3) is 0 Å². The molecule has 1 amide bonds. The maximum absolute atomic E-state index is 14.4. The molecule has 1 spiro atoms. The van der Waals surface area contributed by atoms with Crippen molar-refractivity contribution in [3.05, 3.63) is 69.4 Å². The van der Waals surface area contributed by atoms with E-state index in [0.29, 0.717) is 6.54 Å². The number of carbonyl (C=O) groups is 10. The van der Waals surface area contributed by atoms with Crippen LogP contribution in [0, 0.1) is 5.92 Å². The molecule has 4 heterocycles. The van der Waals surface area contributed by atoms with Crippen LogP contribution in [-0.4, -0.2) is 178 Å². The molecule has 440 valence electrons. The summed E-state index contributed by atoms with van der Waals surface area (Å²) in [6.07, 6.45) is -15.9. The Bertz CT molecular complexity index is 2860. The Hall–Kier alpha value is -7.10. The minimum Gasteiger partial charge on any atom is -0.463 e. The van der Waals surface area contributed by atoms with Gasteiger partial charge in [-0.15, -0.1) is 11.6 Å². The Labute approximate surface area is 473 Å². The third-order valence-electron chi connectivity index (χ3n) is 13.1. The number of rotatable bonds is 18. The maximum atomic E-state index is 14.4. The first-order valence-electron chi connectivity index (χ1n) is 25.3. The maximum Gasteiger partial charge on any atom is 0.339 e. The van der Waals surface area contributed by atoms with Crippen molar-refractivity contribution in [3.8, 4) is 11.5 Å². The monoisotopic (exact) mass is 1180 g/mol. The summed E-state index contributed by atoms with van der Waals surface area (Å²) in [5.41, 5.74) is -1.33. The predicted molar refractivity (Wildman–Crippen MR) is 271 cm³/mol. The summed E-state index contributed by atoms with van der Waals surface area (Å²) in [7, 11) is 3.67. The second-order valence-corrected chi connectivity index (χ2v) is 20.5. The van der Waals surface area contributed by atoms with Crippen LogP contribution in [0.3, 0.4) is 0 Å². The molecule has 2 aromatic rings. The van der Waals surface area contributed by atoms with Crippen molar-refractivity contribution < 1.29 is 114 Å². The molecule has 26 nitrogen and oxygen atoms in total. The second-order valence-electron chi connectivity index (χ2n) is 19.6. The molecular formula is C53H60Cl2N2O24. The third-order valence-corrected chi connectivity index (χ3v) is 13.8. The molecule has 14 atom stereocenters. The predicted octanol–water partition coefficient (Wildman–Crippen LogP) is 2.88. The van der Waals surface area contributed by atoms with Gasteiger partial charge in [-0.1, -0.05) is 17.7 Å². The fourth-order valence-electron chi connectivity index (χ4n) is 10.0. The summed E-state index contributed by atoms with van der Waals surface area (Å²) >= 11 is 14.4. The fourth-order valence-corrected chi connectivity index (χ4v) is 10.5. The van der Waals surface area contributed by atoms with E-state index in [0.717, 1.165) is 55.4 Å². The Balaban J connectivity index is 1.35. The molecular weight excluding hydrogens is 1120 g/mol. The molecule has 7 rings (SSSR count). The van der Waals surface area contributed by atoms with Gasteiger partial charge in [0, 0.05) is 91.2 Å². The van der Waals surface area contributed by atoms with E-state index in [9.17, 15) is 47.9 Å². The van der Waals surface area contributed by atoms with Crippen LogP contribution in [0.2, 0.25) is 5.02 Å². The van der Waals surface area contributed by atoms with Gasteiger partial charge in [0.15, 0.2) is 42.4 Å². The highest BCUT2D eigenvalue weighted by Gasteiger charge is 2.61. The smallest absolute Gasteiger partial charge is 0.339 e. The van der Waals surface area contributed by atoms with Gasteiger partial charge in [-0.25, -0.2) is 4.79 Å². The Morgan fingerprint density at radius 2 is 1.16 bits per heavy atom. The highest BCUT2D eigenvalue weighted by molar-refractivity contribution is 6.32. The van der Waals surface area contributed by atoms with E-state index in [1.165, 1.54) is 30.3 Å². The lowest BCUT2D eigenvalue weighted by Gasteiger charge is -2.48. The van der Waals surface area contributed by atoms with Crippen molar-refractivity contribution >= 4 is 82.8 Å². The first-order valence-corrected chi connectivity index (χ1v) is 26.1. The number of amides is 1. The topological polar surface area (TPSA) is 315 Å². The normalized spacial score (nSPS) is 28.9. The van der Waals surface area contributed by atoms with Crippen molar-refractivity contribution in [2.24, 2.45) is 5.92 Å². The zero-order chi connectivity index (χ0) is 59.4. The second kappa shape index (κ2) is 25.8. The number of esters is 9. The molecule has 1 N–H and O–H groups in total. The minimum atomic E-state index is -1.85. The standard InChI is InChI=1S/C53H60Cl2N2O24/c1-22(58)68-20-41-43(70-24(3)60)45(72-26(5)62)47(74-28(7)64)51(79-41)77-39-18-37-33(16-35(39)54)53(32-12-11-30(15-31(32)50(67)81-53)49(66)56-13-14-57(9)10)34-17-36(55)40(19-38(34)76-37)78-52-48(75-29(8)65)46(73-27(6)63)44(71-25(4)61)42(80-52)21-69-23(2)59/h11-12,15-16,18-19,34,36,40-48,51-52H,13-14,17,20-21H2,1-10H3,(H,56,66). The number of fused-ring (bicyclic) bond motifs is 6. The summed E-state index contributed by atoms with van der Waals surface area (Å²) in [5, 5.41) is 1.53. The van der Waals surface area contributed by atoms with Gasteiger partial charge in [-0.3, -0.25) is 43.2 Å². The molecule has 0 saturated carbocycles. The van der Waals surface area contributed by atoms with Crippen molar-refractivity contribution in [2.75, 3.05) is 40.4 Å². The van der Waals surface area contributed by atoms with Gasteiger partial charge >= 0.3 is 53.7 Å². The van der Waals surface area contributed by atoms with Crippen molar-refractivity contribution in [1.82, 2.24) is 10.2 Å². The molecule has 2 fully saturated rings. The van der Waals surface area contributed by atoms with Gasteiger partial charge in [-0.2, -0.15) is 0 Å². The van der Waals surface area contributed by atoms with E-state index < -0.39 is 157 Å². The Morgan fingerprint density at radius 3 is 1.68 bits per heavy atom. The van der Waals surface area contributed by atoms with Crippen LogP contribution in [-0.2, 0) is 101 Å². The molecule has 2 aromatic carbocycles. The summed E-state index contributed by atoms with van der Waals surface area (Å²) < 4.78 is 82.3. The van der Waals surface area contributed by atoms with E-state index >= 15 is 0 Å². The number of carbonyl (C=O) groups excluding carboxylic acids is 10. The van der Waals surface area contributed by atoms with E-state index in [2.05, 4.69) is 5.32 Å². The zero-order valence-corrected chi connectivity index (χ0v) is 47.0. The third kappa shape index (κ3) is 14.2. The molecule has 81 heavy (non-hydrogen) atoms. The fraction of sp³-hybridized carbons (Fsp3) is 0.547. The molecule has 14 unspecified atom stereocenters. The summed E-state index contributed by atoms with van der Waals surface area (Å²) in [6, 6.07) is 7.10. The van der Waals surface area contributed by atoms with Crippen molar-refractivity contribution in [1.29, 1.82) is 0 Å². The first-order chi connectivity index (χ1) is 38.2.